The maximum absolute atomic E-state index is 11.0. The minimum absolute atomic E-state index is 0.404. The summed E-state index contributed by atoms with van der Waals surface area (Å²) in [4.78, 5) is 11.0. The molecule has 0 bridgehead atoms. The van der Waals surface area contributed by atoms with Crippen molar-refractivity contribution in [3.63, 3.8) is 0 Å². The van der Waals surface area contributed by atoms with E-state index in [-0.39, 0.29) is 0 Å². The summed E-state index contributed by atoms with van der Waals surface area (Å²) in [5, 5.41) is 9.05. The van der Waals surface area contributed by atoms with E-state index in [4.69, 9.17) is 5.11 Å². The second-order valence-corrected chi connectivity index (χ2v) is 3.49. The zero-order chi connectivity index (χ0) is 11.3. The smallest absolute Gasteiger partial charge is 0.335 e. The average molecular weight is 204 g/mol. The van der Waals surface area contributed by atoms with Crippen LogP contribution in [0.4, 0.5) is 0 Å². The SMILES string of the molecule is C=Cc1cccc(C(=O)O)c1CCCC. The van der Waals surface area contributed by atoms with Gasteiger partial charge in [-0.3, -0.25) is 0 Å². The van der Waals surface area contributed by atoms with Crippen molar-refractivity contribution in [3.8, 4) is 0 Å². The summed E-state index contributed by atoms with van der Waals surface area (Å²) in [6, 6.07) is 5.32. The summed E-state index contributed by atoms with van der Waals surface area (Å²) in [6.45, 7) is 5.80. The first-order valence-electron chi connectivity index (χ1n) is 5.18. The Hall–Kier alpha value is -1.57. The van der Waals surface area contributed by atoms with Gasteiger partial charge in [0, 0.05) is 0 Å². The quantitative estimate of drug-likeness (QED) is 0.798. The zero-order valence-electron chi connectivity index (χ0n) is 8.99. The second kappa shape index (κ2) is 5.35. The van der Waals surface area contributed by atoms with Gasteiger partial charge in [0.15, 0.2) is 0 Å². The first-order chi connectivity index (χ1) is 7.20. The van der Waals surface area contributed by atoms with E-state index in [1.807, 2.05) is 6.07 Å². The molecule has 2 nitrogen and oxygen atoms in total. The standard InChI is InChI=1S/C13H16O2/c1-3-5-8-11-10(4-2)7-6-9-12(11)13(14)15/h4,6-7,9H,2-3,5,8H2,1H3,(H,14,15). The third-order valence-electron chi connectivity index (χ3n) is 2.44. The van der Waals surface area contributed by atoms with Crippen LogP contribution in [0.3, 0.4) is 0 Å². The molecule has 80 valence electrons. The first kappa shape index (κ1) is 11.5. The van der Waals surface area contributed by atoms with E-state index < -0.39 is 5.97 Å². The highest BCUT2D eigenvalue weighted by molar-refractivity contribution is 5.90. The summed E-state index contributed by atoms with van der Waals surface area (Å²) >= 11 is 0. The van der Waals surface area contributed by atoms with E-state index >= 15 is 0 Å². The number of carbonyl (C=O) groups is 1. The summed E-state index contributed by atoms with van der Waals surface area (Å²) in [6.07, 6.45) is 4.59. The summed E-state index contributed by atoms with van der Waals surface area (Å²) in [5.74, 6) is -0.857. The van der Waals surface area contributed by atoms with Gasteiger partial charge < -0.3 is 5.11 Å². The summed E-state index contributed by atoms with van der Waals surface area (Å²) in [5.41, 5.74) is 2.24. The molecule has 0 saturated heterocycles. The zero-order valence-corrected chi connectivity index (χ0v) is 8.99. The molecule has 0 radical (unpaired) electrons. The van der Waals surface area contributed by atoms with Gasteiger partial charge in [0.2, 0.25) is 0 Å². The van der Waals surface area contributed by atoms with E-state index in [0.717, 1.165) is 30.4 Å². The van der Waals surface area contributed by atoms with E-state index in [9.17, 15) is 4.79 Å². The molecule has 1 aromatic carbocycles. The van der Waals surface area contributed by atoms with Crippen LogP contribution < -0.4 is 0 Å². The molecule has 0 aliphatic carbocycles. The largest absolute Gasteiger partial charge is 0.478 e. The van der Waals surface area contributed by atoms with Crippen molar-refractivity contribution in [2.75, 3.05) is 0 Å². The molecule has 0 unspecified atom stereocenters. The molecule has 0 heterocycles. The fourth-order valence-corrected chi connectivity index (χ4v) is 1.63. The van der Waals surface area contributed by atoms with E-state index in [2.05, 4.69) is 13.5 Å². The molecule has 0 aliphatic rings. The fourth-order valence-electron chi connectivity index (χ4n) is 1.63. The average Bonchev–Trinajstić information content (AvgIpc) is 2.25. The highest BCUT2D eigenvalue weighted by Crippen LogP contribution is 2.18. The molecule has 15 heavy (non-hydrogen) atoms. The topological polar surface area (TPSA) is 37.3 Å². The van der Waals surface area contributed by atoms with Crippen molar-refractivity contribution in [1.29, 1.82) is 0 Å². The number of hydrogen-bond acceptors (Lipinski definition) is 1. The highest BCUT2D eigenvalue weighted by atomic mass is 16.4. The molecule has 0 aromatic heterocycles. The summed E-state index contributed by atoms with van der Waals surface area (Å²) in [7, 11) is 0. The van der Waals surface area contributed by atoms with Gasteiger partial charge in [0.1, 0.15) is 0 Å². The second-order valence-electron chi connectivity index (χ2n) is 3.49. The van der Waals surface area contributed by atoms with Crippen molar-refractivity contribution in [3.05, 3.63) is 41.5 Å². The number of unbranched alkanes of at least 4 members (excludes halogenated alkanes) is 1. The van der Waals surface area contributed by atoms with Gasteiger partial charge in [-0.2, -0.15) is 0 Å². The van der Waals surface area contributed by atoms with Crippen LogP contribution in [0.15, 0.2) is 24.8 Å². The van der Waals surface area contributed by atoms with Gasteiger partial charge in [0.25, 0.3) is 0 Å². The molecule has 0 amide bonds. The molecule has 0 spiro atoms. The van der Waals surface area contributed by atoms with Gasteiger partial charge >= 0.3 is 5.97 Å². The summed E-state index contributed by atoms with van der Waals surface area (Å²) < 4.78 is 0. The number of carboxylic acids is 1. The van der Waals surface area contributed by atoms with Gasteiger partial charge in [-0.1, -0.05) is 38.1 Å². The Labute approximate surface area is 90.3 Å². The van der Waals surface area contributed by atoms with Crippen LogP contribution >= 0.6 is 0 Å². The molecule has 0 saturated carbocycles. The Morgan fingerprint density at radius 2 is 2.27 bits per heavy atom. The lowest BCUT2D eigenvalue weighted by Crippen LogP contribution is -2.04. The first-order valence-corrected chi connectivity index (χ1v) is 5.18. The van der Waals surface area contributed by atoms with E-state index in [0.29, 0.717) is 5.56 Å². The predicted molar refractivity (Wildman–Crippen MR) is 62.1 cm³/mol. The molecule has 0 fully saturated rings. The predicted octanol–water partition coefficient (Wildman–Crippen LogP) is 3.37. The minimum atomic E-state index is -0.857. The van der Waals surface area contributed by atoms with Gasteiger partial charge in [-0.15, -0.1) is 0 Å². The van der Waals surface area contributed by atoms with Crippen LogP contribution in [0.5, 0.6) is 0 Å². The Balaban J connectivity index is 3.14. The molecule has 1 N–H and O–H groups in total. The maximum Gasteiger partial charge on any atom is 0.335 e. The van der Waals surface area contributed by atoms with Crippen LogP contribution in [0.2, 0.25) is 0 Å². The molecule has 1 aromatic rings. The van der Waals surface area contributed by atoms with Crippen LogP contribution in [0.1, 0.15) is 41.3 Å². The van der Waals surface area contributed by atoms with E-state index in [1.54, 1.807) is 18.2 Å². The molecule has 1 rings (SSSR count). The number of carboxylic acid groups (broad SMARTS) is 1. The maximum atomic E-state index is 11.0. The van der Waals surface area contributed by atoms with Crippen LogP contribution in [-0.2, 0) is 6.42 Å². The van der Waals surface area contributed by atoms with Crippen molar-refractivity contribution in [2.45, 2.75) is 26.2 Å². The highest BCUT2D eigenvalue weighted by Gasteiger charge is 2.11. The van der Waals surface area contributed by atoms with Crippen molar-refractivity contribution in [2.24, 2.45) is 0 Å². The molecule has 2 heteroatoms. The van der Waals surface area contributed by atoms with Crippen LogP contribution in [0, 0.1) is 0 Å². The van der Waals surface area contributed by atoms with Crippen molar-refractivity contribution >= 4 is 12.0 Å². The number of rotatable bonds is 5. The van der Waals surface area contributed by atoms with Crippen molar-refractivity contribution < 1.29 is 9.90 Å². The lowest BCUT2D eigenvalue weighted by Gasteiger charge is -2.09. The van der Waals surface area contributed by atoms with Crippen molar-refractivity contribution in [1.82, 2.24) is 0 Å². The van der Waals surface area contributed by atoms with Gasteiger partial charge in [0.05, 0.1) is 5.56 Å². The lowest BCUT2D eigenvalue weighted by atomic mass is 9.96. The Morgan fingerprint density at radius 1 is 1.53 bits per heavy atom. The Morgan fingerprint density at radius 3 is 2.80 bits per heavy atom. The van der Waals surface area contributed by atoms with Crippen LogP contribution in [-0.4, -0.2) is 11.1 Å². The number of benzene rings is 1. The normalized spacial score (nSPS) is 9.93. The molecule has 0 atom stereocenters. The minimum Gasteiger partial charge on any atom is -0.478 e. The third kappa shape index (κ3) is 2.69. The number of hydrogen-bond donors (Lipinski definition) is 1. The fraction of sp³-hybridized carbons (Fsp3) is 0.308. The Bertz CT molecular complexity index is 367. The van der Waals surface area contributed by atoms with Gasteiger partial charge in [-0.25, -0.2) is 4.79 Å². The van der Waals surface area contributed by atoms with Gasteiger partial charge in [-0.05, 0) is 30.0 Å². The molecule has 0 aliphatic heterocycles. The Kier molecular flexibility index (Phi) is 4.10. The van der Waals surface area contributed by atoms with E-state index in [1.165, 1.54) is 0 Å². The van der Waals surface area contributed by atoms with Crippen LogP contribution in [0.25, 0.3) is 6.08 Å². The number of aromatic carboxylic acids is 1. The molecular formula is C13H16O2. The lowest BCUT2D eigenvalue weighted by molar-refractivity contribution is 0.0695. The molecular weight excluding hydrogens is 188 g/mol. The third-order valence-corrected chi connectivity index (χ3v) is 2.44. The monoisotopic (exact) mass is 204 g/mol.